The van der Waals surface area contributed by atoms with Gasteiger partial charge in [-0.1, -0.05) is 24.3 Å². The monoisotopic (exact) mass is 259 g/mol. The molecule has 0 saturated carbocycles. The molecular weight excluding hydrogens is 251 g/mol. The summed E-state index contributed by atoms with van der Waals surface area (Å²) in [5.41, 5.74) is 1.32. The second-order valence-corrected chi connectivity index (χ2v) is 3.72. The lowest BCUT2D eigenvalue weighted by atomic mass is 10.1. The first-order chi connectivity index (χ1) is 8.39. The van der Waals surface area contributed by atoms with Crippen molar-refractivity contribution in [1.82, 2.24) is 5.32 Å². The zero-order valence-electron chi connectivity index (χ0n) is 8.95. The SMILES string of the molecule is O=C(OC(=O)C(F)(F)F)C1NCc2ccccc21. The standard InChI is InChI=1S/C11H8F3NO3/c12-11(13,14)10(17)18-9(16)8-7-4-2-1-3-6(7)5-15-8/h1-4,8,15H,5H2. The Morgan fingerprint density at radius 2 is 1.94 bits per heavy atom. The predicted molar refractivity (Wildman–Crippen MR) is 53.2 cm³/mol. The van der Waals surface area contributed by atoms with Gasteiger partial charge in [0.25, 0.3) is 0 Å². The van der Waals surface area contributed by atoms with Gasteiger partial charge in [0.2, 0.25) is 0 Å². The third kappa shape index (κ3) is 2.35. The summed E-state index contributed by atoms with van der Waals surface area (Å²) in [5, 5.41) is 2.68. The lowest BCUT2D eigenvalue weighted by molar-refractivity contribution is -0.202. The number of nitrogens with one attached hydrogen (secondary N) is 1. The van der Waals surface area contributed by atoms with Gasteiger partial charge in [-0.2, -0.15) is 13.2 Å². The van der Waals surface area contributed by atoms with Crippen molar-refractivity contribution >= 4 is 11.9 Å². The number of ether oxygens (including phenoxy) is 1. The molecule has 0 aromatic heterocycles. The Morgan fingerprint density at radius 3 is 2.61 bits per heavy atom. The van der Waals surface area contributed by atoms with Crippen LogP contribution >= 0.6 is 0 Å². The topological polar surface area (TPSA) is 55.4 Å². The molecule has 1 unspecified atom stereocenters. The number of rotatable bonds is 1. The molecule has 0 radical (unpaired) electrons. The molecule has 1 aromatic rings. The fraction of sp³-hybridized carbons (Fsp3) is 0.273. The summed E-state index contributed by atoms with van der Waals surface area (Å²) in [6.45, 7) is 0.343. The summed E-state index contributed by atoms with van der Waals surface area (Å²) in [4.78, 5) is 22.0. The second kappa shape index (κ2) is 4.41. The molecule has 0 amide bonds. The molecule has 1 heterocycles. The number of hydrogen-bond donors (Lipinski definition) is 1. The zero-order valence-corrected chi connectivity index (χ0v) is 8.95. The molecular formula is C11H8F3NO3. The van der Waals surface area contributed by atoms with E-state index in [-0.39, 0.29) is 0 Å². The molecule has 1 aromatic carbocycles. The summed E-state index contributed by atoms with van der Waals surface area (Å²) >= 11 is 0. The van der Waals surface area contributed by atoms with Crippen LogP contribution in [0.5, 0.6) is 0 Å². The lowest BCUT2D eigenvalue weighted by Gasteiger charge is -2.11. The van der Waals surface area contributed by atoms with Crippen LogP contribution in [0.15, 0.2) is 24.3 Å². The van der Waals surface area contributed by atoms with Gasteiger partial charge in [0, 0.05) is 6.54 Å². The molecule has 0 saturated heterocycles. The van der Waals surface area contributed by atoms with Crippen LogP contribution in [-0.4, -0.2) is 18.1 Å². The average molecular weight is 259 g/mol. The summed E-state index contributed by atoms with van der Waals surface area (Å²) in [7, 11) is 0. The van der Waals surface area contributed by atoms with Gasteiger partial charge >= 0.3 is 18.1 Å². The maximum Gasteiger partial charge on any atom is 0.491 e. The minimum absolute atomic E-state index is 0.343. The first-order valence-corrected chi connectivity index (χ1v) is 5.03. The van der Waals surface area contributed by atoms with E-state index >= 15 is 0 Å². The molecule has 7 heteroatoms. The second-order valence-electron chi connectivity index (χ2n) is 3.72. The van der Waals surface area contributed by atoms with Crippen LogP contribution in [0.2, 0.25) is 0 Å². The Bertz CT molecular complexity index is 499. The van der Waals surface area contributed by atoms with Gasteiger partial charge in [-0.25, -0.2) is 9.59 Å². The third-order valence-electron chi connectivity index (χ3n) is 2.52. The largest absolute Gasteiger partial charge is 0.491 e. The number of fused-ring (bicyclic) bond motifs is 1. The normalized spacial score (nSPS) is 18.3. The number of halogens is 3. The smallest absolute Gasteiger partial charge is 0.385 e. The molecule has 1 aliphatic rings. The molecule has 2 rings (SSSR count). The van der Waals surface area contributed by atoms with Gasteiger partial charge in [-0.15, -0.1) is 0 Å². The van der Waals surface area contributed by atoms with E-state index in [1.54, 1.807) is 24.3 Å². The number of esters is 2. The Hall–Kier alpha value is -1.89. The molecule has 1 atom stereocenters. The van der Waals surface area contributed by atoms with Crippen LogP contribution in [0, 0.1) is 0 Å². The average Bonchev–Trinajstić information content (AvgIpc) is 2.71. The lowest BCUT2D eigenvalue weighted by Crippen LogP contribution is -2.32. The fourth-order valence-corrected chi connectivity index (χ4v) is 1.72. The summed E-state index contributed by atoms with van der Waals surface area (Å²) < 4.78 is 39.6. The third-order valence-corrected chi connectivity index (χ3v) is 2.52. The molecule has 0 spiro atoms. The summed E-state index contributed by atoms with van der Waals surface area (Å²) in [6, 6.07) is 5.69. The van der Waals surface area contributed by atoms with E-state index in [4.69, 9.17) is 0 Å². The van der Waals surface area contributed by atoms with Crippen molar-refractivity contribution in [2.45, 2.75) is 18.8 Å². The van der Waals surface area contributed by atoms with Crippen LogP contribution in [0.1, 0.15) is 17.2 Å². The minimum Gasteiger partial charge on any atom is -0.385 e. The maximum atomic E-state index is 11.9. The highest BCUT2D eigenvalue weighted by atomic mass is 19.4. The molecule has 0 bridgehead atoms. The van der Waals surface area contributed by atoms with Crippen LogP contribution in [-0.2, 0) is 20.9 Å². The Balaban J connectivity index is 2.11. The van der Waals surface area contributed by atoms with Gasteiger partial charge in [-0.05, 0) is 11.1 Å². The van der Waals surface area contributed by atoms with Crippen LogP contribution in [0.3, 0.4) is 0 Å². The van der Waals surface area contributed by atoms with Gasteiger partial charge < -0.3 is 4.74 Å². The van der Waals surface area contributed by atoms with Gasteiger partial charge in [0.1, 0.15) is 6.04 Å². The van der Waals surface area contributed by atoms with Gasteiger partial charge in [0.15, 0.2) is 0 Å². The number of carbonyl (C=O) groups is 2. The van der Waals surface area contributed by atoms with E-state index in [2.05, 4.69) is 10.1 Å². The van der Waals surface area contributed by atoms with Crippen molar-refractivity contribution in [3.8, 4) is 0 Å². The molecule has 0 aliphatic carbocycles. The quantitative estimate of drug-likeness (QED) is 0.613. The molecule has 1 N–H and O–H groups in total. The molecule has 0 fully saturated rings. The highest BCUT2D eigenvalue weighted by molar-refractivity contribution is 5.92. The first kappa shape index (κ1) is 12.6. The minimum atomic E-state index is -5.17. The Kier molecular flexibility index (Phi) is 3.08. The molecule has 4 nitrogen and oxygen atoms in total. The van der Waals surface area contributed by atoms with E-state index in [0.29, 0.717) is 12.1 Å². The first-order valence-electron chi connectivity index (χ1n) is 5.03. The van der Waals surface area contributed by atoms with E-state index < -0.39 is 24.2 Å². The fourth-order valence-electron chi connectivity index (χ4n) is 1.72. The van der Waals surface area contributed by atoms with E-state index in [1.807, 2.05) is 0 Å². The molecule has 96 valence electrons. The van der Waals surface area contributed by atoms with Gasteiger partial charge in [-0.3, -0.25) is 5.32 Å². The van der Waals surface area contributed by atoms with Crippen LogP contribution in [0.4, 0.5) is 13.2 Å². The Labute approximate surface area is 99.7 Å². The van der Waals surface area contributed by atoms with E-state index in [9.17, 15) is 22.8 Å². The number of carbonyl (C=O) groups excluding carboxylic acids is 2. The zero-order chi connectivity index (χ0) is 13.3. The van der Waals surface area contributed by atoms with E-state index in [1.165, 1.54) is 0 Å². The van der Waals surface area contributed by atoms with Crippen molar-refractivity contribution < 1.29 is 27.5 Å². The van der Waals surface area contributed by atoms with Crippen molar-refractivity contribution in [3.63, 3.8) is 0 Å². The molecule has 18 heavy (non-hydrogen) atoms. The van der Waals surface area contributed by atoms with Crippen LogP contribution < -0.4 is 5.32 Å². The maximum absolute atomic E-state index is 11.9. The van der Waals surface area contributed by atoms with Crippen molar-refractivity contribution in [3.05, 3.63) is 35.4 Å². The van der Waals surface area contributed by atoms with E-state index in [0.717, 1.165) is 5.56 Å². The molecule has 1 aliphatic heterocycles. The van der Waals surface area contributed by atoms with Crippen molar-refractivity contribution in [2.75, 3.05) is 0 Å². The summed E-state index contributed by atoms with van der Waals surface area (Å²) in [5.74, 6) is -3.75. The van der Waals surface area contributed by atoms with Crippen molar-refractivity contribution in [1.29, 1.82) is 0 Å². The Morgan fingerprint density at radius 1 is 1.28 bits per heavy atom. The highest BCUT2D eigenvalue weighted by Gasteiger charge is 2.44. The van der Waals surface area contributed by atoms with Crippen LogP contribution in [0.25, 0.3) is 0 Å². The van der Waals surface area contributed by atoms with Gasteiger partial charge in [0.05, 0.1) is 0 Å². The highest BCUT2D eigenvalue weighted by Crippen LogP contribution is 2.27. The summed E-state index contributed by atoms with van der Waals surface area (Å²) in [6.07, 6.45) is -5.17. The van der Waals surface area contributed by atoms with Crippen molar-refractivity contribution in [2.24, 2.45) is 0 Å². The predicted octanol–water partition coefficient (Wildman–Crippen LogP) is 1.46. The number of benzene rings is 1. The number of hydrogen-bond acceptors (Lipinski definition) is 4. The number of alkyl halides is 3.